The van der Waals surface area contributed by atoms with Crippen LogP contribution in [0.3, 0.4) is 0 Å². The molecule has 0 heterocycles. The lowest BCUT2D eigenvalue weighted by atomic mass is 10.3. The molecule has 0 unspecified atom stereocenters. The number of hydrogen-bond donors (Lipinski definition) is 2. The van der Waals surface area contributed by atoms with E-state index >= 15 is 0 Å². The number of sulfonamides is 1. The van der Waals surface area contributed by atoms with Crippen LogP contribution in [0.2, 0.25) is 5.02 Å². The van der Waals surface area contributed by atoms with Gasteiger partial charge in [0.25, 0.3) is 0 Å². The van der Waals surface area contributed by atoms with Crippen LogP contribution in [0.4, 0.5) is 5.69 Å². The third-order valence-corrected chi connectivity index (χ3v) is 4.90. The minimum atomic E-state index is -3.93. The van der Waals surface area contributed by atoms with E-state index in [0.29, 0.717) is 16.5 Å². The van der Waals surface area contributed by atoms with Crippen molar-refractivity contribution in [1.29, 1.82) is 0 Å². The van der Waals surface area contributed by atoms with Crippen molar-refractivity contribution >= 4 is 33.2 Å². The van der Waals surface area contributed by atoms with Gasteiger partial charge in [-0.05, 0) is 36.4 Å². The van der Waals surface area contributed by atoms with Crippen molar-refractivity contribution in [2.45, 2.75) is 4.90 Å². The maximum Gasteiger partial charge on any atom is 0.244 e. The fraction of sp³-hybridized carbons (Fsp3) is 0.188. The predicted molar refractivity (Wildman–Crippen MR) is 94.8 cm³/mol. The zero-order chi connectivity index (χ0) is 18.4. The van der Waals surface area contributed by atoms with E-state index in [2.05, 4.69) is 10.0 Å². The van der Waals surface area contributed by atoms with Gasteiger partial charge in [0, 0.05) is 16.8 Å². The molecule has 1 amide bonds. The van der Waals surface area contributed by atoms with E-state index in [1.807, 2.05) is 0 Å². The molecule has 9 heteroatoms. The zero-order valence-corrected chi connectivity index (χ0v) is 15.1. The third-order valence-electron chi connectivity index (χ3n) is 3.21. The van der Waals surface area contributed by atoms with Gasteiger partial charge in [-0.1, -0.05) is 11.6 Å². The predicted octanol–water partition coefficient (Wildman–Crippen LogP) is 2.27. The Morgan fingerprint density at radius 1 is 1.08 bits per heavy atom. The molecular weight excluding hydrogens is 368 g/mol. The Kier molecular flexibility index (Phi) is 6.24. The fourth-order valence-corrected chi connectivity index (χ4v) is 3.23. The standard InChI is InChI=1S/C16H17ClN2O5S/c1-23-13-7-8-15(14(9-13)24-2)25(21,22)18-10-16(20)19-12-5-3-11(17)4-6-12/h3-9,18H,10H2,1-2H3,(H,19,20). The molecule has 2 N–H and O–H groups in total. The van der Waals surface area contributed by atoms with Crippen molar-refractivity contribution in [2.24, 2.45) is 0 Å². The first-order valence-corrected chi connectivity index (χ1v) is 8.99. The van der Waals surface area contributed by atoms with Crippen LogP contribution in [0.25, 0.3) is 0 Å². The first-order chi connectivity index (χ1) is 11.9. The van der Waals surface area contributed by atoms with Gasteiger partial charge in [0.2, 0.25) is 15.9 Å². The monoisotopic (exact) mass is 384 g/mol. The highest BCUT2D eigenvalue weighted by Crippen LogP contribution is 2.28. The smallest absolute Gasteiger partial charge is 0.244 e. The van der Waals surface area contributed by atoms with E-state index in [-0.39, 0.29) is 10.6 Å². The van der Waals surface area contributed by atoms with E-state index in [1.165, 1.54) is 32.4 Å². The van der Waals surface area contributed by atoms with Gasteiger partial charge in [0.15, 0.2) is 0 Å². The van der Waals surface area contributed by atoms with Gasteiger partial charge in [0.05, 0.1) is 20.8 Å². The molecule has 0 aromatic heterocycles. The molecule has 0 radical (unpaired) electrons. The lowest BCUT2D eigenvalue weighted by molar-refractivity contribution is -0.115. The van der Waals surface area contributed by atoms with E-state index in [0.717, 1.165) is 0 Å². The SMILES string of the molecule is COc1ccc(S(=O)(=O)NCC(=O)Nc2ccc(Cl)cc2)c(OC)c1. The summed E-state index contributed by atoms with van der Waals surface area (Å²) in [5.74, 6) is 0.0552. The highest BCUT2D eigenvalue weighted by molar-refractivity contribution is 7.89. The molecule has 0 fully saturated rings. The van der Waals surface area contributed by atoms with Gasteiger partial charge in [0.1, 0.15) is 16.4 Å². The second-order valence-corrected chi connectivity index (χ2v) is 7.07. The summed E-state index contributed by atoms with van der Waals surface area (Å²) in [6, 6.07) is 10.7. The van der Waals surface area contributed by atoms with Gasteiger partial charge in [-0.3, -0.25) is 4.79 Å². The Hall–Kier alpha value is -2.29. The van der Waals surface area contributed by atoms with Gasteiger partial charge < -0.3 is 14.8 Å². The largest absolute Gasteiger partial charge is 0.497 e. The molecule has 0 saturated carbocycles. The number of ether oxygens (including phenoxy) is 2. The maximum atomic E-state index is 12.4. The second kappa shape index (κ2) is 8.19. The number of carbonyl (C=O) groups is 1. The van der Waals surface area contributed by atoms with Gasteiger partial charge >= 0.3 is 0 Å². The average molecular weight is 385 g/mol. The number of nitrogens with one attached hydrogen (secondary N) is 2. The number of carbonyl (C=O) groups excluding carboxylic acids is 1. The van der Waals surface area contributed by atoms with Crippen LogP contribution in [0.1, 0.15) is 0 Å². The molecular formula is C16H17ClN2O5S. The number of benzene rings is 2. The van der Waals surface area contributed by atoms with Crippen LogP contribution >= 0.6 is 11.6 Å². The first-order valence-electron chi connectivity index (χ1n) is 7.13. The van der Waals surface area contributed by atoms with Crippen molar-refractivity contribution in [3.63, 3.8) is 0 Å². The van der Waals surface area contributed by atoms with Crippen molar-refractivity contribution < 1.29 is 22.7 Å². The molecule has 2 rings (SSSR count). The van der Waals surface area contributed by atoms with Crippen LogP contribution in [0, 0.1) is 0 Å². The quantitative estimate of drug-likeness (QED) is 0.763. The van der Waals surface area contributed by atoms with Gasteiger partial charge in [-0.2, -0.15) is 0 Å². The number of methoxy groups -OCH3 is 2. The maximum absolute atomic E-state index is 12.4. The molecule has 25 heavy (non-hydrogen) atoms. The molecule has 134 valence electrons. The molecule has 7 nitrogen and oxygen atoms in total. The second-order valence-electron chi connectivity index (χ2n) is 4.90. The number of amides is 1. The Bertz CT molecular complexity index is 853. The van der Waals surface area contributed by atoms with Crippen LogP contribution in [-0.4, -0.2) is 35.1 Å². The Labute approximate surface area is 151 Å². The van der Waals surface area contributed by atoms with Crippen molar-refractivity contribution in [3.8, 4) is 11.5 Å². The molecule has 0 spiro atoms. The number of halogens is 1. The van der Waals surface area contributed by atoms with E-state index in [1.54, 1.807) is 24.3 Å². The van der Waals surface area contributed by atoms with Gasteiger partial charge in [-0.15, -0.1) is 0 Å². The van der Waals surface area contributed by atoms with Crippen molar-refractivity contribution in [3.05, 3.63) is 47.5 Å². The van der Waals surface area contributed by atoms with Crippen LogP contribution in [0.5, 0.6) is 11.5 Å². The summed E-state index contributed by atoms with van der Waals surface area (Å²) in [6.45, 7) is -0.430. The molecule has 0 aliphatic rings. The summed E-state index contributed by atoms with van der Waals surface area (Å²) in [6.07, 6.45) is 0. The highest BCUT2D eigenvalue weighted by atomic mass is 35.5. The lowest BCUT2D eigenvalue weighted by Gasteiger charge is -2.12. The average Bonchev–Trinajstić information content (AvgIpc) is 2.61. The molecule has 0 bridgehead atoms. The first kappa shape index (κ1) is 19.0. The Balaban J connectivity index is 2.06. The molecule has 0 saturated heterocycles. The molecule has 0 aliphatic heterocycles. The normalized spacial score (nSPS) is 11.0. The minimum absolute atomic E-state index is 0.0879. The fourth-order valence-electron chi connectivity index (χ4n) is 1.97. The summed E-state index contributed by atoms with van der Waals surface area (Å²) in [5.41, 5.74) is 0.510. The molecule has 2 aromatic rings. The Morgan fingerprint density at radius 2 is 1.76 bits per heavy atom. The lowest BCUT2D eigenvalue weighted by Crippen LogP contribution is -2.33. The van der Waals surface area contributed by atoms with Crippen molar-refractivity contribution in [1.82, 2.24) is 4.72 Å². The summed E-state index contributed by atoms with van der Waals surface area (Å²) in [4.78, 5) is 11.8. The summed E-state index contributed by atoms with van der Waals surface area (Å²) >= 11 is 5.76. The van der Waals surface area contributed by atoms with Crippen LogP contribution in [0.15, 0.2) is 47.4 Å². The van der Waals surface area contributed by atoms with Crippen LogP contribution in [-0.2, 0) is 14.8 Å². The summed E-state index contributed by atoms with van der Waals surface area (Å²) in [7, 11) is -1.13. The summed E-state index contributed by atoms with van der Waals surface area (Å²) in [5, 5.41) is 3.10. The summed E-state index contributed by atoms with van der Waals surface area (Å²) < 4.78 is 37.1. The molecule has 0 aliphatic carbocycles. The number of rotatable bonds is 7. The third kappa shape index (κ3) is 5.09. The van der Waals surface area contributed by atoms with E-state index < -0.39 is 22.5 Å². The Morgan fingerprint density at radius 3 is 2.36 bits per heavy atom. The molecule has 0 atom stereocenters. The number of hydrogen-bond acceptors (Lipinski definition) is 5. The van der Waals surface area contributed by atoms with E-state index in [9.17, 15) is 13.2 Å². The molecule has 2 aromatic carbocycles. The minimum Gasteiger partial charge on any atom is -0.497 e. The topological polar surface area (TPSA) is 93.7 Å². The van der Waals surface area contributed by atoms with Gasteiger partial charge in [-0.25, -0.2) is 13.1 Å². The van der Waals surface area contributed by atoms with Crippen LogP contribution < -0.4 is 19.5 Å². The zero-order valence-electron chi connectivity index (χ0n) is 13.6. The highest BCUT2D eigenvalue weighted by Gasteiger charge is 2.21. The van der Waals surface area contributed by atoms with E-state index in [4.69, 9.17) is 21.1 Å². The van der Waals surface area contributed by atoms with Crippen molar-refractivity contribution in [2.75, 3.05) is 26.1 Å². The number of anilines is 1.